The van der Waals surface area contributed by atoms with Crippen LogP contribution in [0.25, 0.3) is 0 Å². The maximum Gasteiger partial charge on any atom is 0.401 e. The van der Waals surface area contributed by atoms with Crippen molar-refractivity contribution in [3.63, 3.8) is 0 Å². The first-order valence-corrected chi connectivity index (χ1v) is 5.08. The third-order valence-corrected chi connectivity index (χ3v) is 2.30. The standard InChI is InChI=1S/C10H21F3N2/c1-8(2)15(7-10(11,12)13)6-9(3,4)5-14/h8H,5-7,14H2,1-4H3. The fourth-order valence-corrected chi connectivity index (χ4v) is 1.27. The van der Waals surface area contributed by atoms with Gasteiger partial charge in [0.25, 0.3) is 0 Å². The summed E-state index contributed by atoms with van der Waals surface area (Å²) in [5, 5.41) is 0. The Bertz CT molecular complexity index is 188. The van der Waals surface area contributed by atoms with Crippen molar-refractivity contribution in [2.75, 3.05) is 19.6 Å². The maximum absolute atomic E-state index is 12.3. The van der Waals surface area contributed by atoms with Gasteiger partial charge in [-0.05, 0) is 25.8 Å². The number of nitrogens with two attached hydrogens (primary N) is 1. The first kappa shape index (κ1) is 14.7. The van der Waals surface area contributed by atoms with E-state index in [-0.39, 0.29) is 11.5 Å². The highest BCUT2D eigenvalue weighted by molar-refractivity contribution is 4.78. The fourth-order valence-electron chi connectivity index (χ4n) is 1.27. The van der Waals surface area contributed by atoms with E-state index in [0.717, 1.165) is 0 Å². The SMILES string of the molecule is CC(C)N(CC(F)(F)F)CC(C)(C)CN. The first-order valence-electron chi connectivity index (χ1n) is 5.08. The molecule has 2 nitrogen and oxygen atoms in total. The second kappa shape index (κ2) is 5.16. The Morgan fingerprint density at radius 3 is 1.87 bits per heavy atom. The predicted octanol–water partition coefficient (Wildman–Crippen LogP) is 2.24. The number of nitrogens with zero attached hydrogens (tertiary/aromatic N) is 1. The normalized spacial score (nSPS) is 14.0. The van der Waals surface area contributed by atoms with Crippen LogP contribution in [0, 0.1) is 5.41 Å². The van der Waals surface area contributed by atoms with Crippen LogP contribution in [-0.2, 0) is 0 Å². The van der Waals surface area contributed by atoms with Gasteiger partial charge in [0.15, 0.2) is 0 Å². The van der Waals surface area contributed by atoms with Crippen LogP contribution in [0.5, 0.6) is 0 Å². The molecule has 0 aromatic rings. The first-order chi connectivity index (χ1) is 6.57. The summed E-state index contributed by atoms with van der Waals surface area (Å²) < 4.78 is 36.8. The minimum atomic E-state index is -4.14. The molecule has 0 aromatic carbocycles. The quantitative estimate of drug-likeness (QED) is 0.779. The van der Waals surface area contributed by atoms with E-state index >= 15 is 0 Å². The second-order valence-corrected chi connectivity index (χ2v) is 4.98. The van der Waals surface area contributed by atoms with Crippen LogP contribution in [-0.4, -0.2) is 36.8 Å². The molecule has 15 heavy (non-hydrogen) atoms. The minimum absolute atomic E-state index is 0.127. The van der Waals surface area contributed by atoms with Gasteiger partial charge in [0.2, 0.25) is 0 Å². The monoisotopic (exact) mass is 226 g/mol. The molecule has 0 atom stereocenters. The lowest BCUT2D eigenvalue weighted by Crippen LogP contribution is -2.46. The second-order valence-electron chi connectivity index (χ2n) is 4.98. The van der Waals surface area contributed by atoms with Gasteiger partial charge in [0.1, 0.15) is 0 Å². The fraction of sp³-hybridized carbons (Fsp3) is 1.00. The topological polar surface area (TPSA) is 29.3 Å². The molecular weight excluding hydrogens is 205 g/mol. The molecule has 0 rings (SSSR count). The zero-order chi connectivity index (χ0) is 12.3. The zero-order valence-corrected chi connectivity index (χ0v) is 9.86. The van der Waals surface area contributed by atoms with Gasteiger partial charge in [-0.1, -0.05) is 13.8 Å². The summed E-state index contributed by atoms with van der Waals surface area (Å²) in [4.78, 5) is 1.41. The van der Waals surface area contributed by atoms with Crippen molar-refractivity contribution >= 4 is 0 Å². The van der Waals surface area contributed by atoms with Gasteiger partial charge >= 0.3 is 6.18 Å². The predicted molar refractivity (Wildman–Crippen MR) is 55.6 cm³/mol. The zero-order valence-electron chi connectivity index (χ0n) is 9.86. The van der Waals surface area contributed by atoms with E-state index < -0.39 is 12.7 Å². The Morgan fingerprint density at radius 2 is 1.60 bits per heavy atom. The summed E-state index contributed by atoms with van der Waals surface area (Å²) >= 11 is 0. The lowest BCUT2D eigenvalue weighted by Gasteiger charge is -2.34. The van der Waals surface area contributed by atoms with Crippen molar-refractivity contribution in [2.45, 2.75) is 39.9 Å². The summed E-state index contributed by atoms with van der Waals surface area (Å²) in [7, 11) is 0. The van der Waals surface area contributed by atoms with E-state index in [9.17, 15) is 13.2 Å². The number of hydrogen-bond acceptors (Lipinski definition) is 2. The maximum atomic E-state index is 12.3. The molecule has 0 spiro atoms. The van der Waals surface area contributed by atoms with E-state index in [2.05, 4.69) is 0 Å². The highest BCUT2D eigenvalue weighted by Gasteiger charge is 2.33. The summed E-state index contributed by atoms with van der Waals surface area (Å²) in [5.74, 6) is 0. The van der Waals surface area contributed by atoms with E-state index in [1.807, 2.05) is 13.8 Å². The molecule has 2 N–H and O–H groups in total. The van der Waals surface area contributed by atoms with Gasteiger partial charge in [-0.15, -0.1) is 0 Å². The number of rotatable bonds is 5. The van der Waals surface area contributed by atoms with Crippen LogP contribution < -0.4 is 5.73 Å². The van der Waals surface area contributed by atoms with Gasteiger partial charge in [-0.25, -0.2) is 0 Å². The lowest BCUT2D eigenvalue weighted by molar-refractivity contribution is -0.152. The molecule has 0 saturated carbocycles. The number of halogens is 3. The van der Waals surface area contributed by atoms with Crippen LogP contribution >= 0.6 is 0 Å². The van der Waals surface area contributed by atoms with Crippen molar-refractivity contribution in [3.8, 4) is 0 Å². The summed E-state index contributed by atoms with van der Waals surface area (Å²) in [6, 6.07) is -0.127. The average Bonchev–Trinajstić information content (AvgIpc) is 2.00. The molecule has 0 amide bonds. The molecule has 5 heteroatoms. The largest absolute Gasteiger partial charge is 0.401 e. The van der Waals surface area contributed by atoms with Gasteiger partial charge < -0.3 is 5.73 Å². The Morgan fingerprint density at radius 1 is 1.13 bits per heavy atom. The third-order valence-electron chi connectivity index (χ3n) is 2.30. The van der Waals surface area contributed by atoms with Crippen LogP contribution in [0.3, 0.4) is 0 Å². The smallest absolute Gasteiger partial charge is 0.330 e. The van der Waals surface area contributed by atoms with Crippen molar-refractivity contribution in [1.29, 1.82) is 0 Å². The van der Waals surface area contributed by atoms with E-state index in [0.29, 0.717) is 13.1 Å². The molecular formula is C10H21F3N2. The van der Waals surface area contributed by atoms with Crippen LogP contribution in [0.15, 0.2) is 0 Å². The van der Waals surface area contributed by atoms with E-state index in [1.165, 1.54) is 4.90 Å². The molecule has 0 bridgehead atoms. The lowest BCUT2D eigenvalue weighted by atomic mass is 9.92. The number of alkyl halides is 3. The van der Waals surface area contributed by atoms with E-state index in [1.54, 1.807) is 13.8 Å². The van der Waals surface area contributed by atoms with Crippen molar-refractivity contribution in [1.82, 2.24) is 4.90 Å². The summed E-state index contributed by atoms with van der Waals surface area (Å²) in [5.41, 5.74) is 5.23. The van der Waals surface area contributed by atoms with Crippen LogP contribution in [0.1, 0.15) is 27.7 Å². The van der Waals surface area contributed by atoms with Crippen molar-refractivity contribution in [2.24, 2.45) is 11.1 Å². The Balaban J connectivity index is 4.42. The van der Waals surface area contributed by atoms with Gasteiger partial charge in [-0.2, -0.15) is 13.2 Å². The average molecular weight is 226 g/mol. The Labute approximate surface area is 89.6 Å². The Kier molecular flexibility index (Phi) is 5.06. The van der Waals surface area contributed by atoms with Gasteiger partial charge in [-0.3, -0.25) is 4.90 Å². The highest BCUT2D eigenvalue weighted by Crippen LogP contribution is 2.22. The van der Waals surface area contributed by atoms with Crippen LogP contribution in [0.4, 0.5) is 13.2 Å². The van der Waals surface area contributed by atoms with Crippen molar-refractivity contribution in [3.05, 3.63) is 0 Å². The molecule has 0 aromatic heterocycles. The highest BCUT2D eigenvalue weighted by atomic mass is 19.4. The third kappa shape index (κ3) is 6.73. The van der Waals surface area contributed by atoms with Crippen molar-refractivity contribution < 1.29 is 13.2 Å². The molecule has 0 unspecified atom stereocenters. The van der Waals surface area contributed by atoms with Crippen LogP contribution in [0.2, 0.25) is 0 Å². The molecule has 0 heterocycles. The molecule has 92 valence electrons. The number of hydrogen-bond donors (Lipinski definition) is 1. The molecule has 0 fully saturated rings. The van der Waals surface area contributed by atoms with Gasteiger partial charge in [0.05, 0.1) is 6.54 Å². The minimum Gasteiger partial charge on any atom is -0.330 e. The summed E-state index contributed by atoms with van der Waals surface area (Å²) in [6.45, 7) is 7.15. The molecule has 0 saturated heterocycles. The Hall–Kier alpha value is -0.290. The molecule has 0 aliphatic carbocycles. The molecule has 0 radical (unpaired) electrons. The molecule has 0 aliphatic rings. The molecule has 0 aliphatic heterocycles. The van der Waals surface area contributed by atoms with E-state index in [4.69, 9.17) is 5.73 Å². The van der Waals surface area contributed by atoms with Gasteiger partial charge in [0, 0.05) is 12.6 Å². The summed E-state index contributed by atoms with van der Waals surface area (Å²) in [6.07, 6.45) is -4.14.